The Morgan fingerprint density at radius 2 is 1.94 bits per heavy atom. The van der Waals surface area contributed by atoms with Crippen molar-refractivity contribution < 1.29 is 14.0 Å². The molecule has 4 aromatic rings. The van der Waals surface area contributed by atoms with E-state index in [0.717, 1.165) is 16.7 Å². The molecule has 0 radical (unpaired) electrons. The number of pyridine rings is 1. The second-order valence-corrected chi connectivity index (χ2v) is 6.59. The van der Waals surface area contributed by atoms with E-state index in [-0.39, 0.29) is 29.0 Å². The molecule has 0 aliphatic rings. The highest BCUT2D eigenvalue weighted by atomic mass is 19.1. The van der Waals surface area contributed by atoms with Gasteiger partial charge in [-0.3, -0.25) is 28.6 Å². The normalized spacial score (nSPS) is 10.8. The number of rotatable bonds is 5. The third kappa shape index (κ3) is 4.15. The lowest BCUT2D eigenvalue weighted by molar-refractivity contribution is -0.116. The number of halogens is 1. The molecule has 0 bridgehead atoms. The third-order valence-electron chi connectivity index (χ3n) is 4.43. The Morgan fingerprint density at radius 1 is 1.10 bits per heavy atom. The summed E-state index contributed by atoms with van der Waals surface area (Å²) < 4.78 is 16.3. The molecule has 156 valence electrons. The number of aryl methyl sites for hydroxylation is 1. The molecule has 11 heteroatoms. The summed E-state index contributed by atoms with van der Waals surface area (Å²) in [5.41, 5.74) is 0.338. The molecule has 0 unspecified atom stereocenters. The molecule has 0 saturated carbocycles. The first kappa shape index (κ1) is 19.9. The Balaban J connectivity index is 1.54. The highest BCUT2D eigenvalue weighted by Gasteiger charge is 2.15. The summed E-state index contributed by atoms with van der Waals surface area (Å²) in [6, 6.07) is 8.37. The number of carbonyl (C=O) groups excluding carboxylic acids is 2. The Labute approximate surface area is 174 Å². The van der Waals surface area contributed by atoms with Crippen LogP contribution in [0.3, 0.4) is 0 Å². The van der Waals surface area contributed by atoms with E-state index in [9.17, 15) is 18.8 Å². The average Bonchev–Trinajstić information content (AvgIpc) is 3.14. The summed E-state index contributed by atoms with van der Waals surface area (Å²) in [4.78, 5) is 45.5. The summed E-state index contributed by atoms with van der Waals surface area (Å²) >= 11 is 0. The van der Waals surface area contributed by atoms with E-state index < -0.39 is 23.2 Å². The number of aromatic nitrogens is 5. The minimum atomic E-state index is -0.609. The van der Waals surface area contributed by atoms with Crippen LogP contribution in [-0.4, -0.2) is 36.1 Å². The standard InChI is InChI=1S/C20H16FN7O3/c1-27-18-13(9-24-27)20(31)28(11-23-18)10-17(29)25-16-8-12(21)5-6-14(16)26-19(30)15-4-2-3-7-22-15/h2-9,11H,10H2,1H3,(H,25,29)(H,26,30). The van der Waals surface area contributed by atoms with E-state index in [1.807, 2.05) is 0 Å². The van der Waals surface area contributed by atoms with Crippen LogP contribution in [0, 0.1) is 5.82 Å². The van der Waals surface area contributed by atoms with E-state index in [0.29, 0.717) is 5.65 Å². The van der Waals surface area contributed by atoms with Crippen molar-refractivity contribution in [3.8, 4) is 0 Å². The van der Waals surface area contributed by atoms with Crippen molar-refractivity contribution in [2.45, 2.75) is 6.54 Å². The van der Waals surface area contributed by atoms with Gasteiger partial charge >= 0.3 is 0 Å². The molecule has 2 amide bonds. The van der Waals surface area contributed by atoms with Gasteiger partial charge in [0.05, 0.1) is 17.6 Å². The average molecular weight is 421 g/mol. The molecule has 0 saturated heterocycles. The molecule has 10 nitrogen and oxygen atoms in total. The largest absolute Gasteiger partial charge is 0.323 e. The van der Waals surface area contributed by atoms with Gasteiger partial charge in [-0.2, -0.15) is 5.10 Å². The zero-order chi connectivity index (χ0) is 22.0. The summed E-state index contributed by atoms with van der Waals surface area (Å²) in [6.07, 6.45) is 4.07. The smallest absolute Gasteiger partial charge is 0.274 e. The van der Waals surface area contributed by atoms with Gasteiger partial charge in [0.15, 0.2) is 5.65 Å². The Bertz CT molecular complexity index is 1350. The van der Waals surface area contributed by atoms with Crippen molar-refractivity contribution in [3.63, 3.8) is 0 Å². The first-order chi connectivity index (χ1) is 14.9. The van der Waals surface area contributed by atoms with E-state index in [1.165, 1.54) is 35.5 Å². The monoisotopic (exact) mass is 421 g/mol. The van der Waals surface area contributed by atoms with E-state index in [2.05, 4.69) is 25.7 Å². The van der Waals surface area contributed by atoms with Crippen LogP contribution in [0.25, 0.3) is 11.0 Å². The molecule has 31 heavy (non-hydrogen) atoms. The molecule has 0 spiro atoms. The van der Waals surface area contributed by atoms with Crippen molar-refractivity contribution in [1.82, 2.24) is 24.3 Å². The van der Waals surface area contributed by atoms with E-state index in [1.54, 1.807) is 19.2 Å². The molecule has 3 aromatic heterocycles. The number of hydrogen-bond donors (Lipinski definition) is 2. The quantitative estimate of drug-likeness (QED) is 0.504. The number of carbonyl (C=O) groups is 2. The van der Waals surface area contributed by atoms with Crippen molar-refractivity contribution in [3.05, 3.63) is 77.0 Å². The number of benzene rings is 1. The molecule has 4 rings (SSSR count). The number of nitrogens with one attached hydrogen (secondary N) is 2. The number of hydrogen-bond acceptors (Lipinski definition) is 6. The van der Waals surface area contributed by atoms with Crippen LogP contribution in [0.15, 0.2) is 59.9 Å². The predicted octanol–water partition coefficient (Wildman–Crippen LogP) is 1.56. The van der Waals surface area contributed by atoms with Crippen LogP contribution in [0.2, 0.25) is 0 Å². The van der Waals surface area contributed by atoms with Crippen LogP contribution in [0.1, 0.15) is 10.5 Å². The molecule has 0 aliphatic carbocycles. The lowest BCUT2D eigenvalue weighted by Crippen LogP contribution is -2.28. The molecule has 0 fully saturated rings. The van der Waals surface area contributed by atoms with E-state index >= 15 is 0 Å². The Kier molecular flexibility index (Phi) is 5.22. The van der Waals surface area contributed by atoms with Crippen LogP contribution in [0.4, 0.5) is 15.8 Å². The SMILES string of the molecule is Cn1ncc2c(=O)n(CC(=O)Nc3cc(F)ccc3NC(=O)c3ccccn3)cnc21. The number of nitrogens with zero attached hydrogens (tertiary/aromatic N) is 5. The van der Waals surface area contributed by atoms with Gasteiger partial charge in [-0.05, 0) is 30.3 Å². The van der Waals surface area contributed by atoms with Gasteiger partial charge in [0.1, 0.15) is 29.8 Å². The van der Waals surface area contributed by atoms with Gasteiger partial charge < -0.3 is 10.6 Å². The number of anilines is 2. The van der Waals surface area contributed by atoms with Crippen molar-refractivity contribution in [1.29, 1.82) is 0 Å². The lowest BCUT2D eigenvalue weighted by Gasteiger charge is -2.13. The second kappa shape index (κ2) is 8.14. The molecule has 2 N–H and O–H groups in total. The summed E-state index contributed by atoms with van der Waals surface area (Å²) in [5, 5.41) is 9.34. The van der Waals surface area contributed by atoms with E-state index in [4.69, 9.17) is 0 Å². The fourth-order valence-corrected chi connectivity index (χ4v) is 2.94. The van der Waals surface area contributed by atoms with Gasteiger partial charge in [0.25, 0.3) is 11.5 Å². The topological polar surface area (TPSA) is 124 Å². The molecule has 3 heterocycles. The second-order valence-electron chi connectivity index (χ2n) is 6.59. The van der Waals surface area contributed by atoms with Crippen LogP contribution < -0.4 is 16.2 Å². The van der Waals surface area contributed by atoms with Gasteiger partial charge in [-0.1, -0.05) is 6.07 Å². The molecular formula is C20H16FN7O3. The minimum absolute atomic E-state index is 0.0396. The maximum absolute atomic E-state index is 13.8. The van der Waals surface area contributed by atoms with Crippen molar-refractivity contribution >= 4 is 34.2 Å². The van der Waals surface area contributed by atoms with Crippen LogP contribution in [-0.2, 0) is 18.4 Å². The number of amides is 2. The van der Waals surface area contributed by atoms with Gasteiger partial charge in [-0.15, -0.1) is 0 Å². The lowest BCUT2D eigenvalue weighted by atomic mass is 10.2. The Hall–Kier alpha value is -4.41. The van der Waals surface area contributed by atoms with Crippen LogP contribution in [0.5, 0.6) is 0 Å². The maximum atomic E-state index is 13.8. The highest BCUT2D eigenvalue weighted by molar-refractivity contribution is 6.06. The zero-order valence-electron chi connectivity index (χ0n) is 16.2. The Morgan fingerprint density at radius 3 is 2.71 bits per heavy atom. The van der Waals surface area contributed by atoms with Crippen molar-refractivity contribution in [2.24, 2.45) is 7.05 Å². The fraction of sp³-hybridized carbons (Fsp3) is 0.100. The molecule has 1 aromatic carbocycles. The summed E-state index contributed by atoms with van der Waals surface area (Å²) in [5.74, 6) is -1.74. The first-order valence-corrected chi connectivity index (χ1v) is 9.11. The van der Waals surface area contributed by atoms with Gasteiger partial charge in [-0.25, -0.2) is 9.37 Å². The highest BCUT2D eigenvalue weighted by Crippen LogP contribution is 2.23. The number of fused-ring (bicyclic) bond motifs is 1. The van der Waals surface area contributed by atoms with Gasteiger partial charge in [0.2, 0.25) is 5.91 Å². The summed E-state index contributed by atoms with van der Waals surface area (Å²) in [7, 11) is 1.65. The molecular weight excluding hydrogens is 405 g/mol. The van der Waals surface area contributed by atoms with Crippen molar-refractivity contribution in [2.75, 3.05) is 10.6 Å². The summed E-state index contributed by atoms with van der Waals surface area (Å²) in [6.45, 7) is -0.360. The van der Waals surface area contributed by atoms with Crippen LogP contribution >= 0.6 is 0 Å². The fourth-order valence-electron chi connectivity index (χ4n) is 2.94. The zero-order valence-corrected chi connectivity index (χ0v) is 16.2. The molecule has 0 atom stereocenters. The maximum Gasteiger partial charge on any atom is 0.274 e. The predicted molar refractivity (Wildman–Crippen MR) is 110 cm³/mol. The van der Waals surface area contributed by atoms with Gasteiger partial charge in [0, 0.05) is 13.2 Å². The molecule has 0 aliphatic heterocycles. The first-order valence-electron chi connectivity index (χ1n) is 9.11. The third-order valence-corrected chi connectivity index (χ3v) is 4.43. The minimum Gasteiger partial charge on any atom is -0.323 e.